The van der Waals surface area contributed by atoms with Crippen LogP contribution in [-0.4, -0.2) is 26.4 Å². The van der Waals surface area contributed by atoms with Crippen LogP contribution in [0.15, 0.2) is 40.9 Å². The van der Waals surface area contributed by atoms with Gasteiger partial charge >= 0.3 is 0 Å². The normalized spacial score (nSPS) is 16.7. The quantitative estimate of drug-likeness (QED) is 0.630. The third-order valence-electron chi connectivity index (χ3n) is 4.34. The van der Waals surface area contributed by atoms with Gasteiger partial charge in [0.1, 0.15) is 6.61 Å². The molecule has 0 spiro atoms. The number of methoxy groups -OCH3 is 1. The molecule has 1 heterocycles. The summed E-state index contributed by atoms with van der Waals surface area (Å²) in [4.78, 5) is 0. The first-order valence-electron chi connectivity index (χ1n) is 8.72. The summed E-state index contributed by atoms with van der Waals surface area (Å²) in [5.41, 5.74) is 2.06. The zero-order valence-electron chi connectivity index (χ0n) is 14.8. The third kappa shape index (κ3) is 5.13. The van der Waals surface area contributed by atoms with Gasteiger partial charge in [-0.15, -0.1) is 0 Å². The highest BCUT2D eigenvalue weighted by Gasteiger charge is 2.16. The van der Waals surface area contributed by atoms with Crippen LogP contribution in [0, 0.1) is 0 Å². The van der Waals surface area contributed by atoms with Gasteiger partial charge < -0.3 is 19.5 Å². The van der Waals surface area contributed by atoms with E-state index in [0.29, 0.717) is 29.2 Å². The molecular formula is C20H23BrClNO3. The van der Waals surface area contributed by atoms with Gasteiger partial charge in [-0.1, -0.05) is 29.8 Å². The van der Waals surface area contributed by atoms with Crippen LogP contribution in [0.5, 0.6) is 11.5 Å². The average Bonchev–Trinajstić information content (AvgIpc) is 3.15. The van der Waals surface area contributed by atoms with Crippen molar-refractivity contribution in [1.29, 1.82) is 0 Å². The minimum Gasteiger partial charge on any atom is -0.493 e. The van der Waals surface area contributed by atoms with Crippen molar-refractivity contribution in [3.63, 3.8) is 0 Å². The van der Waals surface area contributed by atoms with Crippen LogP contribution in [0.25, 0.3) is 0 Å². The minimum absolute atomic E-state index is 0.332. The SMILES string of the molecule is COc1cc(CNCC2CCCO2)cc(Br)c1OCc1ccccc1Cl. The van der Waals surface area contributed by atoms with Crippen LogP contribution in [0.3, 0.4) is 0 Å². The Bertz CT molecular complexity index is 735. The first kappa shape index (κ1) is 19.5. The number of hydrogen-bond donors (Lipinski definition) is 1. The summed E-state index contributed by atoms with van der Waals surface area (Å²) in [5, 5.41) is 4.14. The average molecular weight is 441 g/mol. The zero-order chi connectivity index (χ0) is 18.4. The van der Waals surface area contributed by atoms with Gasteiger partial charge in [-0.2, -0.15) is 0 Å². The van der Waals surface area contributed by atoms with Crippen LogP contribution in [0.1, 0.15) is 24.0 Å². The lowest BCUT2D eigenvalue weighted by atomic mass is 10.2. The van der Waals surface area contributed by atoms with Gasteiger partial charge in [-0.25, -0.2) is 0 Å². The van der Waals surface area contributed by atoms with Crippen molar-refractivity contribution < 1.29 is 14.2 Å². The summed E-state index contributed by atoms with van der Waals surface area (Å²) >= 11 is 9.80. The van der Waals surface area contributed by atoms with E-state index in [9.17, 15) is 0 Å². The van der Waals surface area contributed by atoms with Gasteiger partial charge in [0.05, 0.1) is 17.7 Å². The van der Waals surface area contributed by atoms with Crippen molar-refractivity contribution >= 4 is 27.5 Å². The van der Waals surface area contributed by atoms with E-state index in [1.54, 1.807) is 7.11 Å². The van der Waals surface area contributed by atoms with E-state index in [0.717, 1.165) is 48.1 Å². The van der Waals surface area contributed by atoms with Crippen molar-refractivity contribution in [1.82, 2.24) is 5.32 Å². The lowest BCUT2D eigenvalue weighted by Gasteiger charge is -2.16. The summed E-state index contributed by atoms with van der Waals surface area (Å²) in [5.74, 6) is 1.37. The molecule has 2 aromatic rings. The van der Waals surface area contributed by atoms with Gasteiger partial charge in [0, 0.05) is 30.3 Å². The van der Waals surface area contributed by atoms with Crippen LogP contribution in [-0.2, 0) is 17.9 Å². The van der Waals surface area contributed by atoms with Crippen molar-refractivity contribution in [3.05, 3.63) is 57.0 Å². The maximum absolute atomic E-state index is 6.20. The molecular weight excluding hydrogens is 418 g/mol. The monoisotopic (exact) mass is 439 g/mol. The van der Waals surface area contributed by atoms with Gasteiger partial charge in [0.25, 0.3) is 0 Å². The molecule has 0 radical (unpaired) electrons. The van der Waals surface area contributed by atoms with E-state index in [1.807, 2.05) is 36.4 Å². The molecule has 1 atom stereocenters. The van der Waals surface area contributed by atoms with Crippen LogP contribution in [0.4, 0.5) is 0 Å². The second-order valence-corrected chi connectivity index (χ2v) is 7.52. The fourth-order valence-electron chi connectivity index (χ4n) is 2.96. The molecule has 1 aliphatic heterocycles. The maximum atomic E-state index is 6.20. The third-order valence-corrected chi connectivity index (χ3v) is 5.30. The van der Waals surface area contributed by atoms with E-state index in [4.69, 9.17) is 25.8 Å². The zero-order valence-corrected chi connectivity index (χ0v) is 17.1. The predicted octanol–water partition coefficient (Wildman–Crippen LogP) is 4.96. The van der Waals surface area contributed by atoms with Crippen LogP contribution in [0.2, 0.25) is 5.02 Å². The Balaban J connectivity index is 1.63. The Morgan fingerprint density at radius 3 is 2.88 bits per heavy atom. The summed E-state index contributed by atoms with van der Waals surface area (Å²) in [6.45, 7) is 2.87. The highest BCUT2D eigenvalue weighted by atomic mass is 79.9. The molecule has 0 amide bonds. The number of halogens is 2. The largest absolute Gasteiger partial charge is 0.493 e. The molecule has 6 heteroatoms. The lowest BCUT2D eigenvalue weighted by Crippen LogP contribution is -2.25. The number of nitrogens with one attached hydrogen (secondary N) is 1. The number of rotatable bonds is 8. The second-order valence-electron chi connectivity index (χ2n) is 6.26. The lowest BCUT2D eigenvalue weighted by molar-refractivity contribution is 0.110. The molecule has 1 aliphatic rings. The molecule has 2 aromatic carbocycles. The Labute approximate surface area is 167 Å². The smallest absolute Gasteiger partial charge is 0.175 e. The molecule has 140 valence electrons. The van der Waals surface area contributed by atoms with Gasteiger partial charge in [0.15, 0.2) is 11.5 Å². The van der Waals surface area contributed by atoms with E-state index in [-0.39, 0.29) is 0 Å². The molecule has 4 nitrogen and oxygen atoms in total. The van der Waals surface area contributed by atoms with E-state index < -0.39 is 0 Å². The van der Waals surface area contributed by atoms with Gasteiger partial charge in [-0.05, 0) is 52.5 Å². The molecule has 1 unspecified atom stereocenters. The van der Waals surface area contributed by atoms with E-state index >= 15 is 0 Å². The molecule has 1 N–H and O–H groups in total. The van der Waals surface area contributed by atoms with Gasteiger partial charge in [-0.3, -0.25) is 0 Å². The first-order valence-corrected chi connectivity index (χ1v) is 9.89. The number of benzene rings is 2. The molecule has 1 saturated heterocycles. The maximum Gasteiger partial charge on any atom is 0.175 e. The van der Waals surface area contributed by atoms with Gasteiger partial charge in [0.2, 0.25) is 0 Å². The fraction of sp³-hybridized carbons (Fsp3) is 0.400. The van der Waals surface area contributed by atoms with Crippen LogP contribution >= 0.6 is 27.5 Å². The molecule has 0 bridgehead atoms. The molecule has 26 heavy (non-hydrogen) atoms. The second kappa shape index (κ2) is 9.60. The standard InChI is InChI=1S/C20H23BrClNO3/c1-24-19-10-14(11-23-12-16-6-4-8-25-16)9-17(21)20(19)26-13-15-5-2-3-7-18(15)22/h2-3,5,7,9-10,16,23H,4,6,8,11-13H2,1H3. The van der Waals surface area contributed by atoms with Crippen molar-refractivity contribution in [2.24, 2.45) is 0 Å². The van der Waals surface area contributed by atoms with Crippen molar-refractivity contribution in [3.8, 4) is 11.5 Å². The Hall–Kier alpha value is -1.27. The summed E-state index contributed by atoms with van der Waals surface area (Å²) in [7, 11) is 1.65. The molecule has 0 saturated carbocycles. The molecule has 0 aromatic heterocycles. The summed E-state index contributed by atoms with van der Waals surface area (Å²) in [6, 6.07) is 11.7. The Morgan fingerprint density at radius 2 is 2.15 bits per heavy atom. The van der Waals surface area contributed by atoms with Crippen molar-refractivity contribution in [2.45, 2.75) is 32.1 Å². The minimum atomic E-state index is 0.332. The topological polar surface area (TPSA) is 39.7 Å². The Morgan fingerprint density at radius 1 is 1.31 bits per heavy atom. The number of hydrogen-bond acceptors (Lipinski definition) is 4. The Kier molecular flexibility index (Phi) is 7.20. The van der Waals surface area contributed by atoms with E-state index in [1.165, 1.54) is 0 Å². The summed E-state index contributed by atoms with van der Waals surface area (Å²) < 4.78 is 18.0. The highest BCUT2D eigenvalue weighted by molar-refractivity contribution is 9.10. The van der Waals surface area contributed by atoms with E-state index in [2.05, 4.69) is 21.2 Å². The fourth-order valence-corrected chi connectivity index (χ4v) is 3.76. The highest BCUT2D eigenvalue weighted by Crippen LogP contribution is 2.37. The molecule has 1 fully saturated rings. The molecule has 3 rings (SSSR count). The van der Waals surface area contributed by atoms with Crippen molar-refractivity contribution in [2.75, 3.05) is 20.3 Å². The summed E-state index contributed by atoms with van der Waals surface area (Å²) in [6.07, 6.45) is 2.62. The first-order chi connectivity index (χ1) is 12.7. The van der Waals surface area contributed by atoms with Crippen LogP contribution < -0.4 is 14.8 Å². The molecule has 0 aliphatic carbocycles. The number of ether oxygens (including phenoxy) is 3. The predicted molar refractivity (Wildman–Crippen MR) is 107 cm³/mol.